The van der Waals surface area contributed by atoms with E-state index in [4.69, 9.17) is 5.26 Å². The molecule has 0 spiro atoms. The molecule has 8 nitrogen and oxygen atoms in total. The summed E-state index contributed by atoms with van der Waals surface area (Å²) in [6, 6.07) is 1.85. The zero-order chi connectivity index (χ0) is 15.6. The average molecular weight is 288 g/mol. The lowest BCUT2D eigenvalue weighted by Crippen LogP contribution is -2.40. The predicted octanol–water partition coefficient (Wildman–Crippen LogP) is -0.427. The van der Waals surface area contributed by atoms with Gasteiger partial charge in [-0.2, -0.15) is 10.4 Å². The van der Waals surface area contributed by atoms with Gasteiger partial charge in [0.05, 0.1) is 12.7 Å². The highest BCUT2D eigenvalue weighted by Crippen LogP contribution is 2.06. The van der Waals surface area contributed by atoms with E-state index in [2.05, 4.69) is 10.4 Å². The van der Waals surface area contributed by atoms with Crippen LogP contribution in [0.5, 0.6) is 0 Å². The van der Waals surface area contributed by atoms with Gasteiger partial charge >= 0.3 is 5.69 Å². The lowest BCUT2D eigenvalue weighted by atomic mass is 10.3. The summed E-state index contributed by atoms with van der Waals surface area (Å²) in [4.78, 5) is 23.8. The van der Waals surface area contributed by atoms with E-state index < -0.39 is 11.2 Å². The molecule has 110 valence electrons. The molecule has 0 radical (unpaired) electrons. The molecule has 0 amide bonds. The standard InChI is InChI=1S/C13H16N6O2/c1-9-7-16-19(8-9)5-4-15-11-10(6-14)12(20)18(3)13(21)17(11)2/h7-8,15H,4-5H2,1-3H3. The topological polar surface area (TPSA) is 97.6 Å². The Bertz CT molecular complexity index is 821. The van der Waals surface area contributed by atoms with Crippen LogP contribution < -0.4 is 16.6 Å². The highest BCUT2D eigenvalue weighted by atomic mass is 16.2. The van der Waals surface area contributed by atoms with Gasteiger partial charge in [-0.15, -0.1) is 0 Å². The maximum absolute atomic E-state index is 11.9. The minimum Gasteiger partial charge on any atom is -0.368 e. The molecule has 0 fully saturated rings. The van der Waals surface area contributed by atoms with Crippen LogP contribution in [0.2, 0.25) is 0 Å². The normalized spacial score (nSPS) is 10.4. The van der Waals surface area contributed by atoms with Gasteiger partial charge in [0.15, 0.2) is 5.56 Å². The fourth-order valence-electron chi connectivity index (χ4n) is 2.03. The van der Waals surface area contributed by atoms with Crippen molar-refractivity contribution >= 4 is 5.82 Å². The number of nitrogens with one attached hydrogen (secondary N) is 1. The first-order valence-corrected chi connectivity index (χ1v) is 6.38. The Morgan fingerprint density at radius 2 is 2.05 bits per heavy atom. The zero-order valence-corrected chi connectivity index (χ0v) is 12.1. The molecule has 0 atom stereocenters. The Morgan fingerprint density at radius 1 is 1.33 bits per heavy atom. The summed E-state index contributed by atoms with van der Waals surface area (Å²) in [5.74, 6) is 0.231. The molecule has 2 aromatic heterocycles. The monoisotopic (exact) mass is 288 g/mol. The van der Waals surface area contributed by atoms with E-state index in [0.29, 0.717) is 13.1 Å². The zero-order valence-electron chi connectivity index (χ0n) is 12.1. The number of aromatic nitrogens is 4. The molecule has 2 aromatic rings. The second-order valence-electron chi connectivity index (χ2n) is 4.75. The first kappa shape index (κ1) is 14.6. The SMILES string of the molecule is Cc1cnn(CCNc2c(C#N)c(=O)n(C)c(=O)n2C)c1. The highest BCUT2D eigenvalue weighted by molar-refractivity contribution is 5.51. The van der Waals surface area contributed by atoms with E-state index in [-0.39, 0.29) is 11.4 Å². The van der Waals surface area contributed by atoms with Crippen LogP contribution in [0, 0.1) is 18.3 Å². The van der Waals surface area contributed by atoms with E-state index in [0.717, 1.165) is 10.1 Å². The number of anilines is 1. The lowest BCUT2D eigenvalue weighted by Gasteiger charge is -2.13. The van der Waals surface area contributed by atoms with Crippen molar-refractivity contribution in [3.05, 3.63) is 44.4 Å². The maximum Gasteiger partial charge on any atom is 0.332 e. The third-order valence-corrected chi connectivity index (χ3v) is 3.17. The molecule has 1 N–H and O–H groups in total. The summed E-state index contributed by atoms with van der Waals surface area (Å²) in [6.45, 7) is 2.94. The van der Waals surface area contributed by atoms with Crippen LogP contribution in [-0.4, -0.2) is 25.5 Å². The van der Waals surface area contributed by atoms with Crippen molar-refractivity contribution in [1.82, 2.24) is 18.9 Å². The molecule has 0 aliphatic rings. The number of aryl methyl sites for hydroxylation is 1. The van der Waals surface area contributed by atoms with Gasteiger partial charge in [0.1, 0.15) is 11.9 Å². The number of rotatable bonds is 4. The molecule has 2 rings (SSSR count). The molecule has 0 aliphatic carbocycles. The summed E-state index contributed by atoms with van der Waals surface area (Å²) in [5, 5.41) is 16.2. The number of hydrogen-bond acceptors (Lipinski definition) is 5. The summed E-state index contributed by atoms with van der Waals surface area (Å²) >= 11 is 0. The van der Waals surface area contributed by atoms with Crippen LogP contribution in [0.25, 0.3) is 0 Å². The third kappa shape index (κ3) is 2.72. The quantitative estimate of drug-likeness (QED) is 0.823. The van der Waals surface area contributed by atoms with E-state index in [9.17, 15) is 9.59 Å². The molecule has 2 heterocycles. The Balaban J connectivity index is 2.26. The van der Waals surface area contributed by atoms with Crippen LogP contribution in [0.3, 0.4) is 0 Å². The third-order valence-electron chi connectivity index (χ3n) is 3.17. The number of hydrogen-bond donors (Lipinski definition) is 1. The first-order valence-electron chi connectivity index (χ1n) is 6.38. The molecule has 0 aliphatic heterocycles. The van der Waals surface area contributed by atoms with Gasteiger partial charge in [-0.1, -0.05) is 0 Å². The van der Waals surface area contributed by atoms with Gasteiger partial charge in [-0.25, -0.2) is 4.79 Å². The van der Waals surface area contributed by atoms with Crippen LogP contribution in [0.1, 0.15) is 11.1 Å². The van der Waals surface area contributed by atoms with Gasteiger partial charge in [-0.3, -0.25) is 18.6 Å². The van der Waals surface area contributed by atoms with Crippen molar-refractivity contribution < 1.29 is 0 Å². The smallest absolute Gasteiger partial charge is 0.332 e. The first-order chi connectivity index (χ1) is 9.95. The molecule has 0 saturated heterocycles. The van der Waals surface area contributed by atoms with Gasteiger partial charge in [0.25, 0.3) is 5.56 Å². The van der Waals surface area contributed by atoms with E-state index in [1.54, 1.807) is 10.9 Å². The molecular weight excluding hydrogens is 272 g/mol. The molecule has 0 bridgehead atoms. The average Bonchev–Trinajstić information content (AvgIpc) is 2.88. The van der Waals surface area contributed by atoms with Crippen LogP contribution in [-0.2, 0) is 20.6 Å². The van der Waals surface area contributed by atoms with E-state index >= 15 is 0 Å². The van der Waals surface area contributed by atoms with Crippen molar-refractivity contribution in [1.29, 1.82) is 5.26 Å². The fourth-order valence-corrected chi connectivity index (χ4v) is 2.03. The van der Waals surface area contributed by atoms with Gasteiger partial charge in [-0.05, 0) is 12.5 Å². The number of nitrogens with zero attached hydrogens (tertiary/aromatic N) is 5. The van der Waals surface area contributed by atoms with Gasteiger partial charge in [0.2, 0.25) is 0 Å². The summed E-state index contributed by atoms with van der Waals surface area (Å²) in [6.07, 6.45) is 3.63. The molecular formula is C13H16N6O2. The second kappa shape index (κ2) is 5.66. The van der Waals surface area contributed by atoms with Crippen molar-refractivity contribution in [2.24, 2.45) is 14.1 Å². The van der Waals surface area contributed by atoms with Crippen LogP contribution >= 0.6 is 0 Å². The predicted molar refractivity (Wildman–Crippen MR) is 77.1 cm³/mol. The summed E-state index contributed by atoms with van der Waals surface area (Å²) in [7, 11) is 2.87. The van der Waals surface area contributed by atoms with E-state index in [1.807, 2.05) is 19.2 Å². The summed E-state index contributed by atoms with van der Waals surface area (Å²) in [5.41, 5.74) is -0.0978. The van der Waals surface area contributed by atoms with Crippen molar-refractivity contribution in [2.45, 2.75) is 13.5 Å². The molecule has 0 aromatic carbocycles. The Hall–Kier alpha value is -2.82. The van der Waals surface area contributed by atoms with Crippen LogP contribution in [0.4, 0.5) is 5.82 Å². The van der Waals surface area contributed by atoms with Crippen LogP contribution in [0.15, 0.2) is 22.0 Å². The summed E-state index contributed by atoms with van der Waals surface area (Å²) < 4.78 is 3.92. The van der Waals surface area contributed by atoms with Gasteiger partial charge < -0.3 is 5.32 Å². The molecule has 0 saturated carbocycles. The lowest BCUT2D eigenvalue weighted by molar-refractivity contribution is 0.629. The van der Waals surface area contributed by atoms with Crippen molar-refractivity contribution in [2.75, 3.05) is 11.9 Å². The number of nitriles is 1. The van der Waals surface area contributed by atoms with Crippen molar-refractivity contribution in [3.8, 4) is 6.07 Å². The Morgan fingerprint density at radius 3 is 2.62 bits per heavy atom. The minimum atomic E-state index is -0.599. The second-order valence-corrected chi connectivity index (χ2v) is 4.75. The maximum atomic E-state index is 11.9. The largest absolute Gasteiger partial charge is 0.368 e. The van der Waals surface area contributed by atoms with Gasteiger partial charge in [0, 0.05) is 26.8 Å². The molecule has 8 heteroatoms. The Kier molecular flexibility index (Phi) is 3.93. The van der Waals surface area contributed by atoms with Crippen molar-refractivity contribution in [3.63, 3.8) is 0 Å². The molecule has 21 heavy (non-hydrogen) atoms. The highest BCUT2D eigenvalue weighted by Gasteiger charge is 2.14. The fraction of sp³-hybridized carbons (Fsp3) is 0.385. The minimum absolute atomic E-state index is 0.0729. The molecule has 0 unspecified atom stereocenters. The van der Waals surface area contributed by atoms with E-state index in [1.165, 1.54) is 18.7 Å². The Labute approximate surface area is 120 Å².